The summed E-state index contributed by atoms with van der Waals surface area (Å²) in [5.74, 6) is 0. The van der Waals surface area contributed by atoms with Gasteiger partial charge in [0.1, 0.15) is 0 Å². The lowest BCUT2D eigenvalue weighted by Gasteiger charge is -2.09. The van der Waals surface area contributed by atoms with E-state index < -0.39 is 0 Å². The molecule has 2 rings (SSSR count). The normalized spacial score (nSPS) is 19.3. The highest BCUT2D eigenvalue weighted by Gasteiger charge is 2.13. The lowest BCUT2D eigenvalue weighted by molar-refractivity contribution is 0.583. The molecule has 1 aromatic heterocycles. The lowest BCUT2D eigenvalue weighted by atomic mass is 10.4. The highest BCUT2D eigenvalue weighted by molar-refractivity contribution is 7.96. The molecule has 1 saturated heterocycles. The van der Waals surface area contributed by atoms with Gasteiger partial charge in [-0.2, -0.15) is 0 Å². The van der Waals surface area contributed by atoms with Gasteiger partial charge < -0.3 is 4.98 Å². The fourth-order valence-electron chi connectivity index (χ4n) is 1.20. The minimum atomic E-state index is 1.01. The lowest BCUT2D eigenvalue weighted by Crippen LogP contribution is -2.08. The van der Waals surface area contributed by atoms with Crippen LogP contribution in [0.4, 0.5) is 0 Å². The maximum atomic E-state index is 4.15. The van der Waals surface area contributed by atoms with E-state index in [1.165, 1.54) is 25.9 Å². The molecule has 1 fully saturated rings. The first kappa shape index (κ1) is 7.18. The molecule has 0 saturated carbocycles. The second-order valence-electron chi connectivity index (χ2n) is 2.62. The summed E-state index contributed by atoms with van der Waals surface area (Å²) in [4.78, 5) is 7.22. The van der Waals surface area contributed by atoms with Gasteiger partial charge >= 0.3 is 0 Å². The van der Waals surface area contributed by atoms with Crippen molar-refractivity contribution in [2.75, 3.05) is 13.1 Å². The highest BCUT2D eigenvalue weighted by atomic mass is 32.2. The van der Waals surface area contributed by atoms with E-state index in [0.29, 0.717) is 0 Å². The molecule has 0 amide bonds. The summed E-state index contributed by atoms with van der Waals surface area (Å²) < 4.78 is 2.35. The quantitative estimate of drug-likeness (QED) is 0.681. The van der Waals surface area contributed by atoms with Crippen LogP contribution < -0.4 is 0 Å². The average molecular weight is 169 g/mol. The van der Waals surface area contributed by atoms with Crippen molar-refractivity contribution >= 4 is 11.9 Å². The number of imidazole rings is 1. The Morgan fingerprint density at radius 2 is 2.27 bits per heavy atom. The van der Waals surface area contributed by atoms with Crippen molar-refractivity contribution in [3.05, 3.63) is 12.4 Å². The van der Waals surface area contributed by atoms with E-state index in [1.807, 2.05) is 6.20 Å². The molecule has 0 atom stereocenters. The molecule has 0 aliphatic carbocycles. The number of hydrogen-bond acceptors (Lipinski definition) is 3. The van der Waals surface area contributed by atoms with Gasteiger partial charge in [-0.05, 0) is 24.8 Å². The number of aromatic amines is 1. The third-order valence-electron chi connectivity index (χ3n) is 1.75. The first-order valence-corrected chi connectivity index (χ1v) is 4.65. The van der Waals surface area contributed by atoms with Gasteiger partial charge in [0.05, 0.1) is 0 Å². The summed E-state index contributed by atoms with van der Waals surface area (Å²) in [6, 6.07) is 0. The van der Waals surface area contributed by atoms with Crippen LogP contribution in [0, 0.1) is 0 Å². The van der Waals surface area contributed by atoms with Crippen LogP contribution in [0.1, 0.15) is 12.8 Å². The molecule has 4 heteroatoms. The molecule has 3 nitrogen and oxygen atoms in total. The second kappa shape index (κ2) is 3.28. The zero-order chi connectivity index (χ0) is 7.52. The van der Waals surface area contributed by atoms with Crippen LogP contribution in [-0.4, -0.2) is 27.4 Å². The number of nitrogens with zero attached hydrogens (tertiary/aromatic N) is 2. The summed E-state index contributed by atoms with van der Waals surface area (Å²) in [6.07, 6.45) is 6.30. The number of H-pyrrole nitrogens is 1. The van der Waals surface area contributed by atoms with E-state index in [2.05, 4.69) is 14.3 Å². The first-order valence-electron chi connectivity index (χ1n) is 3.87. The van der Waals surface area contributed by atoms with Crippen LogP contribution in [-0.2, 0) is 0 Å². The fourth-order valence-corrected chi connectivity index (χ4v) is 2.12. The van der Waals surface area contributed by atoms with Gasteiger partial charge in [0.2, 0.25) is 0 Å². The Hall–Kier alpha value is -0.480. The van der Waals surface area contributed by atoms with Crippen LogP contribution >= 0.6 is 11.9 Å². The summed E-state index contributed by atoms with van der Waals surface area (Å²) in [5.41, 5.74) is 0. The van der Waals surface area contributed by atoms with Crippen LogP contribution in [0.15, 0.2) is 17.6 Å². The van der Waals surface area contributed by atoms with E-state index >= 15 is 0 Å². The van der Waals surface area contributed by atoms with Gasteiger partial charge in [0, 0.05) is 25.5 Å². The van der Waals surface area contributed by atoms with Crippen molar-refractivity contribution < 1.29 is 0 Å². The Labute approximate surface area is 70.3 Å². The predicted octanol–water partition coefficient (Wildman–Crippen LogP) is 1.51. The molecule has 1 aliphatic heterocycles. The van der Waals surface area contributed by atoms with Crippen molar-refractivity contribution in [3.63, 3.8) is 0 Å². The monoisotopic (exact) mass is 169 g/mol. The van der Waals surface area contributed by atoms with Crippen LogP contribution in [0.5, 0.6) is 0 Å². The maximum absolute atomic E-state index is 4.15. The minimum absolute atomic E-state index is 1.01. The number of rotatable bonds is 2. The topological polar surface area (TPSA) is 31.9 Å². The first-order chi connectivity index (χ1) is 5.45. The Balaban J connectivity index is 1.90. The van der Waals surface area contributed by atoms with Gasteiger partial charge in [-0.1, -0.05) is 0 Å². The number of hydrogen-bond donors (Lipinski definition) is 1. The molecule has 0 spiro atoms. The highest BCUT2D eigenvalue weighted by Crippen LogP contribution is 2.22. The van der Waals surface area contributed by atoms with E-state index in [9.17, 15) is 0 Å². The molecule has 0 aromatic carbocycles. The molecule has 0 unspecified atom stereocenters. The van der Waals surface area contributed by atoms with Crippen LogP contribution in [0.3, 0.4) is 0 Å². The SMILES string of the molecule is c1c[nH]c(SN2CCCC2)n1. The minimum Gasteiger partial charge on any atom is -0.339 e. The van der Waals surface area contributed by atoms with Crippen LogP contribution in [0.25, 0.3) is 0 Å². The van der Waals surface area contributed by atoms with Crippen molar-refractivity contribution in [1.82, 2.24) is 14.3 Å². The third-order valence-corrected chi connectivity index (χ3v) is 2.77. The van der Waals surface area contributed by atoms with Crippen molar-refractivity contribution in [1.29, 1.82) is 0 Å². The van der Waals surface area contributed by atoms with E-state index in [4.69, 9.17) is 0 Å². The molecular formula is C7H11N3S. The Morgan fingerprint density at radius 1 is 1.45 bits per heavy atom. The van der Waals surface area contributed by atoms with Gasteiger partial charge in [-0.15, -0.1) is 0 Å². The Kier molecular flexibility index (Phi) is 2.14. The average Bonchev–Trinajstić information content (AvgIpc) is 2.60. The molecule has 1 N–H and O–H groups in total. The zero-order valence-electron chi connectivity index (χ0n) is 6.29. The van der Waals surface area contributed by atoms with E-state index in [1.54, 1.807) is 18.1 Å². The molecule has 11 heavy (non-hydrogen) atoms. The molecule has 1 aliphatic rings. The molecule has 1 aromatic rings. The maximum Gasteiger partial charge on any atom is 0.180 e. The van der Waals surface area contributed by atoms with Gasteiger partial charge in [-0.3, -0.25) is 0 Å². The third kappa shape index (κ3) is 1.75. The van der Waals surface area contributed by atoms with Crippen molar-refractivity contribution in [2.45, 2.75) is 18.0 Å². The Bertz CT molecular complexity index is 203. The smallest absolute Gasteiger partial charge is 0.180 e. The largest absolute Gasteiger partial charge is 0.339 e. The zero-order valence-corrected chi connectivity index (χ0v) is 7.10. The molecule has 0 radical (unpaired) electrons. The Morgan fingerprint density at radius 3 is 2.91 bits per heavy atom. The summed E-state index contributed by atoms with van der Waals surface area (Å²) >= 11 is 1.72. The van der Waals surface area contributed by atoms with Crippen molar-refractivity contribution in [3.8, 4) is 0 Å². The van der Waals surface area contributed by atoms with Gasteiger partial charge in [0.15, 0.2) is 5.16 Å². The molecule has 60 valence electrons. The predicted molar refractivity (Wildman–Crippen MR) is 45.3 cm³/mol. The van der Waals surface area contributed by atoms with E-state index in [0.717, 1.165) is 5.16 Å². The summed E-state index contributed by atoms with van der Waals surface area (Å²) in [5, 5.41) is 1.01. The number of aromatic nitrogens is 2. The van der Waals surface area contributed by atoms with Crippen LogP contribution in [0.2, 0.25) is 0 Å². The standard InChI is InChI=1S/C7H11N3S/c1-2-6-10(5-1)11-7-8-3-4-9-7/h3-4H,1-2,5-6H2,(H,8,9). The van der Waals surface area contributed by atoms with Crippen molar-refractivity contribution in [2.24, 2.45) is 0 Å². The van der Waals surface area contributed by atoms with Gasteiger partial charge in [0.25, 0.3) is 0 Å². The molecule has 2 heterocycles. The van der Waals surface area contributed by atoms with Gasteiger partial charge in [-0.25, -0.2) is 9.29 Å². The van der Waals surface area contributed by atoms with E-state index in [-0.39, 0.29) is 0 Å². The fraction of sp³-hybridized carbons (Fsp3) is 0.571. The molecule has 0 bridgehead atoms. The molecular weight excluding hydrogens is 158 g/mol. The number of nitrogens with one attached hydrogen (secondary N) is 1. The second-order valence-corrected chi connectivity index (χ2v) is 3.71. The summed E-state index contributed by atoms with van der Waals surface area (Å²) in [7, 11) is 0. The summed E-state index contributed by atoms with van der Waals surface area (Å²) in [6.45, 7) is 2.40.